The van der Waals surface area contributed by atoms with Crippen LogP contribution in [0.15, 0.2) is 71.8 Å². The van der Waals surface area contributed by atoms with E-state index in [2.05, 4.69) is 22.7 Å². The fourth-order valence-corrected chi connectivity index (χ4v) is 2.63. The van der Waals surface area contributed by atoms with Crippen molar-refractivity contribution in [3.8, 4) is 11.5 Å². The zero-order chi connectivity index (χ0) is 20.6. The second kappa shape index (κ2) is 9.41. The molecule has 3 rings (SSSR count). The van der Waals surface area contributed by atoms with Gasteiger partial charge >= 0.3 is 5.97 Å². The van der Waals surface area contributed by atoms with Crippen molar-refractivity contribution in [3.05, 3.63) is 89.0 Å². The van der Waals surface area contributed by atoms with E-state index in [4.69, 9.17) is 14.6 Å². The lowest BCUT2D eigenvalue weighted by atomic mass is 10.2. The van der Waals surface area contributed by atoms with Crippen LogP contribution >= 0.6 is 0 Å². The Balaban J connectivity index is 1.64. The van der Waals surface area contributed by atoms with Crippen LogP contribution in [0.1, 0.15) is 27.0 Å². The van der Waals surface area contributed by atoms with Crippen LogP contribution in [0, 0.1) is 6.92 Å². The number of nitrogens with one attached hydrogen (secondary N) is 1. The molecule has 0 fully saturated rings. The molecule has 6 heteroatoms. The van der Waals surface area contributed by atoms with E-state index in [1.165, 1.54) is 17.7 Å². The van der Waals surface area contributed by atoms with Crippen molar-refractivity contribution in [3.63, 3.8) is 0 Å². The maximum atomic E-state index is 11.0. The molecule has 0 saturated heterocycles. The highest BCUT2D eigenvalue weighted by Crippen LogP contribution is 2.28. The predicted molar refractivity (Wildman–Crippen MR) is 113 cm³/mol. The first-order valence-electron chi connectivity index (χ1n) is 9.04. The SMILES string of the molecule is COc1cc(/C=N/Nc2cccc(C(=O)O)c2)ccc1OCc1ccc(C)cc1. The number of hydrazone groups is 1. The molecule has 0 aromatic heterocycles. The zero-order valence-corrected chi connectivity index (χ0v) is 16.3. The average Bonchev–Trinajstić information content (AvgIpc) is 2.74. The van der Waals surface area contributed by atoms with Gasteiger partial charge in [0.05, 0.1) is 24.6 Å². The lowest BCUT2D eigenvalue weighted by Crippen LogP contribution is -1.99. The quantitative estimate of drug-likeness (QED) is 0.429. The van der Waals surface area contributed by atoms with Gasteiger partial charge in [-0.05, 0) is 54.4 Å². The van der Waals surface area contributed by atoms with E-state index in [1.54, 1.807) is 25.5 Å². The third-order valence-corrected chi connectivity index (χ3v) is 4.22. The molecule has 0 unspecified atom stereocenters. The Labute approximate surface area is 169 Å². The standard InChI is InChI=1S/C23H22N2O4/c1-16-6-8-17(9-7-16)15-29-21-11-10-18(12-22(21)28-2)14-24-25-20-5-3-4-19(13-20)23(26)27/h3-14,25H,15H2,1-2H3,(H,26,27)/b24-14+. The lowest BCUT2D eigenvalue weighted by Gasteiger charge is -2.11. The molecule has 0 aliphatic carbocycles. The maximum absolute atomic E-state index is 11.0. The Morgan fingerprint density at radius 2 is 1.86 bits per heavy atom. The van der Waals surface area contributed by atoms with Gasteiger partial charge in [-0.3, -0.25) is 5.43 Å². The summed E-state index contributed by atoms with van der Waals surface area (Å²) < 4.78 is 11.3. The number of carbonyl (C=O) groups is 1. The molecule has 0 aliphatic rings. The van der Waals surface area contributed by atoms with Gasteiger partial charge in [-0.2, -0.15) is 5.10 Å². The van der Waals surface area contributed by atoms with Gasteiger partial charge in [-0.1, -0.05) is 35.9 Å². The van der Waals surface area contributed by atoms with Crippen molar-refractivity contribution in [1.29, 1.82) is 0 Å². The summed E-state index contributed by atoms with van der Waals surface area (Å²) in [5, 5.41) is 13.2. The number of rotatable bonds is 8. The summed E-state index contributed by atoms with van der Waals surface area (Å²) in [7, 11) is 1.59. The molecular weight excluding hydrogens is 368 g/mol. The minimum Gasteiger partial charge on any atom is -0.493 e. The molecule has 0 radical (unpaired) electrons. The van der Waals surface area contributed by atoms with Crippen LogP contribution in [0.5, 0.6) is 11.5 Å². The second-order valence-electron chi connectivity index (χ2n) is 6.44. The van der Waals surface area contributed by atoms with E-state index < -0.39 is 5.97 Å². The van der Waals surface area contributed by atoms with Crippen molar-refractivity contribution in [2.75, 3.05) is 12.5 Å². The molecule has 0 amide bonds. The van der Waals surface area contributed by atoms with Crippen LogP contribution in [-0.4, -0.2) is 24.4 Å². The Hall–Kier alpha value is -3.80. The number of nitrogens with zero attached hydrogens (tertiary/aromatic N) is 1. The summed E-state index contributed by atoms with van der Waals surface area (Å²) in [6, 6.07) is 20.1. The van der Waals surface area contributed by atoms with Crippen LogP contribution in [-0.2, 0) is 6.61 Å². The minimum absolute atomic E-state index is 0.196. The molecule has 6 nitrogen and oxygen atoms in total. The van der Waals surface area contributed by atoms with Crippen molar-refractivity contribution in [1.82, 2.24) is 0 Å². The van der Waals surface area contributed by atoms with Gasteiger partial charge in [0.15, 0.2) is 11.5 Å². The fraction of sp³-hybridized carbons (Fsp3) is 0.130. The first-order valence-corrected chi connectivity index (χ1v) is 9.04. The molecule has 3 aromatic rings. The summed E-state index contributed by atoms with van der Waals surface area (Å²) in [4.78, 5) is 11.0. The van der Waals surface area contributed by atoms with Crippen LogP contribution in [0.25, 0.3) is 0 Å². The number of hydrogen-bond acceptors (Lipinski definition) is 5. The maximum Gasteiger partial charge on any atom is 0.335 e. The lowest BCUT2D eigenvalue weighted by molar-refractivity contribution is 0.0697. The third-order valence-electron chi connectivity index (χ3n) is 4.22. The third kappa shape index (κ3) is 5.59. The number of carboxylic acids is 1. The number of methoxy groups -OCH3 is 1. The first kappa shape index (κ1) is 19.9. The van der Waals surface area contributed by atoms with E-state index in [0.717, 1.165) is 11.1 Å². The zero-order valence-electron chi connectivity index (χ0n) is 16.3. The van der Waals surface area contributed by atoms with Gasteiger partial charge in [0, 0.05) is 0 Å². The number of ether oxygens (including phenoxy) is 2. The Bertz CT molecular complexity index is 1010. The highest BCUT2D eigenvalue weighted by Gasteiger charge is 2.06. The molecule has 2 N–H and O–H groups in total. The van der Waals surface area contributed by atoms with Crippen LogP contribution in [0.3, 0.4) is 0 Å². The topological polar surface area (TPSA) is 80.2 Å². The largest absolute Gasteiger partial charge is 0.493 e. The fourth-order valence-electron chi connectivity index (χ4n) is 2.63. The highest BCUT2D eigenvalue weighted by molar-refractivity contribution is 5.89. The van der Waals surface area contributed by atoms with Crippen LogP contribution < -0.4 is 14.9 Å². The number of benzene rings is 3. The molecule has 3 aromatic carbocycles. The molecule has 0 aliphatic heterocycles. The van der Waals surface area contributed by atoms with Gasteiger partial charge < -0.3 is 14.6 Å². The number of carboxylic acid groups (broad SMARTS) is 1. The summed E-state index contributed by atoms with van der Waals surface area (Å²) in [5.74, 6) is 0.268. The first-order chi connectivity index (χ1) is 14.0. The molecule has 0 atom stereocenters. The van der Waals surface area contributed by atoms with E-state index in [1.807, 2.05) is 37.3 Å². The molecular formula is C23H22N2O4. The van der Waals surface area contributed by atoms with Gasteiger partial charge in [0.25, 0.3) is 0 Å². The number of aryl methyl sites for hydroxylation is 1. The second-order valence-corrected chi connectivity index (χ2v) is 6.44. The van der Waals surface area contributed by atoms with E-state index >= 15 is 0 Å². The Kier molecular flexibility index (Phi) is 6.47. The molecule has 0 heterocycles. The average molecular weight is 390 g/mol. The number of hydrogen-bond donors (Lipinski definition) is 2. The smallest absolute Gasteiger partial charge is 0.335 e. The van der Waals surface area contributed by atoms with Crippen molar-refractivity contribution < 1.29 is 19.4 Å². The van der Waals surface area contributed by atoms with Gasteiger partial charge in [-0.25, -0.2) is 4.79 Å². The normalized spacial score (nSPS) is 10.7. The minimum atomic E-state index is -0.983. The van der Waals surface area contributed by atoms with Crippen LogP contribution in [0.2, 0.25) is 0 Å². The van der Waals surface area contributed by atoms with Crippen molar-refractivity contribution in [2.45, 2.75) is 13.5 Å². The molecule has 0 spiro atoms. The number of aromatic carboxylic acids is 1. The molecule has 29 heavy (non-hydrogen) atoms. The molecule has 0 saturated carbocycles. The number of anilines is 1. The summed E-state index contributed by atoms with van der Waals surface area (Å²) in [6.45, 7) is 2.50. The van der Waals surface area contributed by atoms with Crippen LogP contribution in [0.4, 0.5) is 5.69 Å². The van der Waals surface area contributed by atoms with Crippen molar-refractivity contribution in [2.24, 2.45) is 5.10 Å². The Morgan fingerprint density at radius 1 is 1.07 bits per heavy atom. The molecule has 148 valence electrons. The highest BCUT2D eigenvalue weighted by atomic mass is 16.5. The van der Waals surface area contributed by atoms with Gasteiger partial charge in [0.2, 0.25) is 0 Å². The summed E-state index contributed by atoms with van der Waals surface area (Å²) >= 11 is 0. The van der Waals surface area contributed by atoms with E-state index in [-0.39, 0.29) is 5.56 Å². The van der Waals surface area contributed by atoms with E-state index in [9.17, 15) is 4.79 Å². The predicted octanol–water partition coefficient (Wildman–Crippen LogP) is 4.73. The van der Waals surface area contributed by atoms with Gasteiger partial charge in [0.1, 0.15) is 6.61 Å². The summed E-state index contributed by atoms with van der Waals surface area (Å²) in [6.07, 6.45) is 1.62. The summed E-state index contributed by atoms with van der Waals surface area (Å²) in [5.41, 5.74) is 6.71. The van der Waals surface area contributed by atoms with Gasteiger partial charge in [-0.15, -0.1) is 0 Å². The van der Waals surface area contributed by atoms with Crippen molar-refractivity contribution >= 4 is 17.9 Å². The Morgan fingerprint density at radius 3 is 2.59 bits per heavy atom. The van der Waals surface area contributed by atoms with E-state index in [0.29, 0.717) is 23.8 Å². The monoisotopic (exact) mass is 390 g/mol. The molecule has 0 bridgehead atoms.